The molecule has 22 heteroatoms. The fourth-order valence-electron chi connectivity index (χ4n) is 6.24. The number of nitrogens with two attached hydrogens (primary N) is 1. The number of alkyl halides is 1. The fourth-order valence-corrected chi connectivity index (χ4v) is 8.33. The Hall–Kier alpha value is -3.74. The first kappa shape index (κ1) is 29.6. The van der Waals surface area contributed by atoms with E-state index in [4.69, 9.17) is 40.4 Å². The highest BCUT2D eigenvalue weighted by molar-refractivity contribution is 8.07. The van der Waals surface area contributed by atoms with E-state index in [1.54, 1.807) is 10.9 Å². The van der Waals surface area contributed by atoms with Gasteiger partial charge in [0.15, 0.2) is 35.1 Å². The summed E-state index contributed by atoms with van der Waals surface area (Å²) in [6.45, 7) is -0.782. The van der Waals surface area contributed by atoms with Gasteiger partial charge in [-0.15, -0.1) is 4.52 Å². The van der Waals surface area contributed by atoms with E-state index in [1.165, 1.54) is 34.0 Å². The minimum absolute atomic E-state index is 0.0221. The summed E-state index contributed by atoms with van der Waals surface area (Å²) < 4.78 is 61.7. The van der Waals surface area contributed by atoms with Crippen LogP contribution in [0.3, 0.4) is 0 Å². The Balaban J connectivity index is 1.10. The van der Waals surface area contributed by atoms with Crippen LogP contribution in [0.2, 0.25) is 0 Å². The van der Waals surface area contributed by atoms with Crippen LogP contribution in [-0.2, 0) is 39.2 Å². The van der Waals surface area contributed by atoms with Crippen LogP contribution in [0.15, 0.2) is 48.5 Å². The molecule has 1 saturated carbocycles. The van der Waals surface area contributed by atoms with E-state index in [-0.39, 0.29) is 47.1 Å². The number of nitrogen functional groups attached to an aromatic ring is 1. The van der Waals surface area contributed by atoms with Crippen LogP contribution < -0.4 is 11.3 Å². The molecule has 9 atom stereocenters. The molecule has 0 radical (unpaired) electrons. The van der Waals surface area contributed by atoms with Crippen molar-refractivity contribution in [1.29, 1.82) is 0 Å². The van der Waals surface area contributed by atoms with E-state index in [0.29, 0.717) is 17.6 Å². The molecule has 4 N–H and O–H groups in total. The van der Waals surface area contributed by atoms with Gasteiger partial charge in [-0.2, -0.15) is 0 Å². The lowest BCUT2D eigenvalue weighted by Crippen LogP contribution is -2.42. The second-order valence-corrected chi connectivity index (χ2v) is 14.7. The van der Waals surface area contributed by atoms with Crippen molar-refractivity contribution in [1.82, 2.24) is 43.4 Å². The number of aromatic nitrogens is 9. The lowest BCUT2D eigenvalue weighted by molar-refractivity contribution is -0.0447. The third kappa shape index (κ3) is 4.75. The van der Waals surface area contributed by atoms with Gasteiger partial charge < -0.3 is 29.4 Å². The average molecular weight is 694 g/mol. The van der Waals surface area contributed by atoms with Crippen molar-refractivity contribution in [3.63, 3.8) is 0 Å². The standard InChI is InChI=1S/C24H23FN10O8P2S/c1-10-14-11(4-12(14)34-8-30-16-19(26)28-7-29-20(16)34)5-40-45(38,46)43-18-15(25)13(6-39-44(37)42-10)41-23(18)35-9-31-17-21(35)32-24-27-2-3-33(24)22(17)36/h2-3,7-9,11-15,18,23H,1,4-6H2,(H3-,26,27,28,29,32,36,38,46)/p+1/t11-,12-,13-,14-,15-,18-,23-,45?/m1/s1. The maximum atomic E-state index is 16.0. The van der Waals surface area contributed by atoms with E-state index < -0.39 is 57.7 Å². The lowest BCUT2D eigenvalue weighted by atomic mass is 9.68. The smallest absolute Gasteiger partial charge is 0.382 e. The number of hydrogen-bond donors (Lipinski definition) is 3. The minimum atomic E-state index is -4.11. The van der Waals surface area contributed by atoms with Gasteiger partial charge in [0.1, 0.15) is 36.3 Å². The monoisotopic (exact) mass is 693 g/mol. The average Bonchev–Trinajstić information content (AvgIpc) is 3.78. The van der Waals surface area contributed by atoms with Crippen LogP contribution in [0.25, 0.3) is 28.1 Å². The zero-order valence-corrected chi connectivity index (χ0v) is 26.0. The summed E-state index contributed by atoms with van der Waals surface area (Å²) in [6, 6.07) is -0.313. The molecule has 240 valence electrons. The molecule has 2 unspecified atom stereocenters. The van der Waals surface area contributed by atoms with Gasteiger partial charge in [-0.25, -0.2) is 38.2 Å². The number of halogens is 1. The van der Waals surface area contributed by atoms with Crippen molar-refractivity contribution in [2.45, 2.75) is 37.1 Å². The van der Waals surface area contributed by atoms with E-state index in [2.05, 4.69) is 36.5 Å². The van der Waals surface area contributed by atoms with E-state index >= 15 is 4.39 Å². The van der Waals surface area contributed by atoms with Crippen molar-refractivity contribution in [2.75, 3.05) is 18.9 Å². The zero-order chi connectivity index (χ0) is 31.9. The molecule has 3 fully saturated rings. The SMILES string of the molecule is C=C1O[P+](=O)OC[C@H]2O[C@@H](n3cnc4c(=O)n5ccnc5[nH]c43)[C@H](OP(O)(=S)OC[C@H]3C[C@@H](n4cnc5c(N)ncnc54)[C@H]13)[C@@H]2F. The van der Waals surface area contributed by atoms with Crippen LogP contribution in [-0.4, -0.2) is 79.9 Å². The molecular formula is C24H24FN10O8P2S+. The predicted octanol–water partition coefficient (Wildman–Crippen LogP) is 2.04. The van der Waals surface area contributed by atoms with Crippen LogP contribution >= 0.6 is 15.0 Å². The molecule has 8 rings (SSSR count). The number of imidazole rings is 3. The molecule has 0 amide bonds. The van der Waals surface area contributed by atoms with Gasteiger partial charge >= 0.3 is 15.0 Å². The van der Waals surface area contributed by atoms with Crippen molar-refractivity contribution in [3.05, 3.63) is 54.1 Å². The van der Waals surface area contributed by atoms with E-state index in [1.807, 2.05) is 0 Å². The maximum Gasteiger partial charge on any atom is 0.749 e. The molecular weight excluding hydrogens is 669 g/mol. The first-order valence-electron chi connectivity index (χ1n) is 13.9. The minimum Gasteiger partial charge on any atom is -0.382 e. The molecule has 3 aliphatic rings. The largest absolute Gasteiger partial charge is 0.749 e. The van der Waals surface area contributed by atoms with Crippen molar-refractivity contribution >= 4 is 60.7 Å². The van der Waals surface area contributed by atoms with Gasteiger partial charge in [-0.1, -0.05) is 6.58 Å². The first-order valence-corrected chi connectivity index (χ1v) is 17.6. The van der Waals surface area contributed by atoms with Gasteiger partial charge in [-0.05, 0) is 24.1 Å². The molecule has 1 aliphatic carbocycles. The Morgan fingerprint density at radius 3 is 2.83 bits per heavy atom. The third-order valence-electron chi connectivity index (χ3n) is 8.45. The molecule has 46 heavy (non-hydrogen) atoms. The normalized spacial score (nSPS) is 33.1. The first-order chi connectivity index (χ1) is 22.1. The molecule has 0 spiro atoms. The van der Waals surface area contributed by atoms with Crippen molar-refractivity contribution in [2.24, 2.45) is 11.8 Å². The number of H-pyrrole nitrogens is 1. The summed E-state index contributed by atoms with van der Waals surface area (Å²) in [5.74, 6) is -0.314. The van der Waals surface area contributed by atoms with E-state index in [0.717, 1.165) is 0 Å². The number of ether oxygens (including phenoxy) is 1. The van der Waals surface area contributed by atoms with Crippen LogP contribution in [0, 0.1) is 11.8 Å². The van der Waals surface area contributed by atoms with Crippen LogP contribution in [0.1, 0.15) is 18.7 Å². The molecule has 2 bridgehead atoms. The third-order valence-corrected chi connectivity index (χ3v) is 10.8. The molecule has 2 aliphatic heterocycles. The van der Waals surface area contributed by atoms with E-state index in [9.17, 15) is 14.3 Å². The highest BCUT2D eigenvalue weighted by Gasteiger charge is 2.53. The van der Waals surface area contributed by atoms with Gasteiger partial charge in [0.2, 0.25) is 5.78 Å². The topological polar surface area (TPSA) is 221 Å². The van der Waals surface area contributed by atoms with Crippen molar-refractivity contribution < 1.29 is 36.7 Å². The number of aromatic amines is 1. The highest BCUT2D eigenvalue weighted by atomic mass is 32.5. The van der Waals surface area contributed by atoms with Crippen LogP contribution in [0.5, 0.6) is 0 Å². The van der Waals surface area contributed by atoms with Crippen LogP contribution in [0.4, 0.5) is 10.2 Å². The summed E-state index contributed by atoms with van der Waals surface area (Å²) >= 11 is 5.33. The summed E-state index contributed by atoms with van der Waals surface area (Å²) in [5, 5.41) is 0. The van der Waals surface area contributed by atoms with Gasteiger partial charge in [0.05, 0.1) is 19.3 Å². The summed E-state index contributed by atoms with van der Waals surface area (Å²) in [4.78, 5) is 47.9. The Kier molecular flexibility index (Phi) is 7.04. The van der Waals surface area contributed by atoms with Crippen molar-refractivity contribution in [3.8, 4) is 0 Å². The van der Waals surface area contributed by atoms with Gasteiger partial charge in [0.25, 0.3) is 5.56 Å². The number of rotatable bonds is 2. The molecule has 18 nitrogen and oxygen atoms in total. The second-order valence-electron chi connectivity index (χ2n) is 11.0. The second kappa shape index (κ2) is 10.9. The van der Waals surface area contributed by atoms with Gasteiger partial charge in [-0.3, -0.25) is 13.9 Å². The molecule has 5 aromatic heterocycles. The number of nitrogens with zero attached hydrogens (tertiary/aromatic N) is 8. The number of fused-ring (bicyclic) bond motifs is 6. The highest BCUT2D eigenvalue weighted by Crippen LogP contribution is 2.55. The molecule has 2 saturated heterocycles. The quantitative estimate of drug-likeness (QED) is 0.225. The lowest BCUT2D eigenvalue weighted by Gasteiger charge is -2.44. The molecule has 5 aromatic rings. The zero-order valence-electron chi connectivity index (χ0n) is 23.4. The predicted molar refractivity (Wildman–Crippen MR) is 159 cm³/mol. The summed E-state index contributed by atoms with van der Waals surface area (Å²) in [5.41, 5.74) is 6.57. The fraction of sp³-hybridized carbons (Fsp3) is 0.417. The summed E-state index contributed by atoms with van der Waals surface area (Å²) in [7, 11) is -2.81. The number of allylic oxidation sites excluding steroid dienone is 1. The number of hydrogen-bond acceptors (Lipinski definition) is 14. The summed E-state index contributed by atoms with van der Waals surface area (Å²) in [6.07, 6.45) is 1.38. The Labute approximate surface area is 262 Å². The number of nitrogens with one attached hydrogen (secondary N) is 1. The Bertz CT molecular complexity index is 2150. The molecule has 7 heterocycles. The number of anilines is 1. The Morgan fingerprint density at radius 2 is 1.98 bits per heavy atom. The Morgan fingerprint density at radius 1 is 1.17 bits per heavy atom. The maximum absolute atomic E-state index is 16.0. The van der Waals surface area contributed by atoms with Gasteiger partial charge in [0, 0.05) is 28.9 Å². The molecule has 0 aromatic carbocycles.